The molecule has 0 unspecified atom stereocenters. The zero-order valence-electron chi connectivity index (χ0n) is 27.8. The molecule has 48 heavy (non-hydrogen) atoms. The number of carbonyl (C=O) groups excluding carboxylic acids is 1. The van der Waals surface area contributed by atoms with Crippen LogP contribution in [0.15, 0.2) is 84.9 Å². The van der Waals surface area contributed by atoms with Gasteiger partial charge in [-0.05, 0) is 54.2 Å². The molecule has 4 aromatic carbocycles. The molecule has 0 saturated heterocycles. The number of urea groups is 1. The predicted molar refractivity (Wildman–Crippen MR) is 192 cm³/mol. The van der Waals surface area contributed by atoms with Gasteiger partial charge < -0.3 is 25.4 Å². The first-order valence-electron chi connectivity index (χ1n) is 15.4. The number of hydrogen-bond acceptors (Lipinski definition) is 8. The summed E-state index contributed by atoms with van der Waals surface area (Å²) in [4.78, 5) is 22.5. The number of aromatic nitrogens is 2. The molecule has 0 fully saturated rings. The number of amides is 2. The van der Waals surface area contributed by atoms with Crippen LogP contribution in [0.1, 0.15) is 37.6 Å². The highest BCUT2D eigenvalue weighted by atomic mass is 32.2. The van der Waals surface area contributed by atoms with Crippen molar-refractivity contribution in [1.82, 2.24) is 9.97 Å². The first kappa shape index (κ1) is 34.0. The molecule has 0 aliphatic heterocycles. The Kier molecular flexibility index (Phi) is 10.0. The zero-order chi connectivity index (χ0) is 34.5. The van der Waals surface area contributed by atoms with Gasteiger partial charge in [0.2, 0.25) is 21.9 Å². The number of anilines is 4. The Balaban J connectivity index is 1.37. The SMILES string of the molecule is COc1c(NC(=O)Nc2ccc(Oc3cc(C)nc(NCCc4ccccc4)n3)c3ccccc23)cc(C(C)(C)C)cc1NS(C)(=O)=O. The van der Waals surface area contributed by atoms with E-state index in [9.17, 15) is 13.2 Å². The summed E-state index contributed by atoms with van der Waals surface area (Å²) in [6.45, 7) is 8.52. The van der Waals surface area contributed by atoms with Crippen LogP contribution >= 0.6 is 0 Å². The van der Waals surface area contributed by atoms with Crippen molar-refractivity contribution in [3.8, 4) is 17.4 Å². The monoisotopic (exact) mass is 668 g/mol. The number of rotatable bonds is 11. The van der Waals surface area contributed by atoms with Gasteiger partial charge in [-0.15, -0.1) is 0 Å². The third-order valence-corrected chi connectivity index (χ3v) is 8.01. The number of carbonyl (C=O) groups is 1. The molecule has 4 N–H and O–H groups in total. The fourth-order valence-electron chi connectivity index (χ4n) is 5.14. The Morgan fingerprint density at radius 2 is 1.50 bits per heavy atom. The van der Waals surface area contributed by atoms with Crippen LogP contribution in [0.3, 0.4) is 0 Å². The average Bonchev–Trinajstić information content (AvgIpc) is 3.01. The number of hydrogen-bond donors (Lipinski definition) is 4. The summed E-state index contributed by atoms with van der Waals surface area (Å²) in [6, 6.07) is 26.0. The van der Waals surface area contributed by atoms with Gasteiger partial charge >= 0.3 is 6.03 Å². The van der Waals surface area contributed by atoms with E-state index < -0.39 is 16.1 Å². The average molecular weight is 669 g/mol. The Bertz CT molecular complexity index is 2050. The maximum Gasteiger partial charge on any atom is 0.323 e. The lowest BCUT2D eigenvalue weighted by Crippen LogP contribution is -2.22. The third kappa shape index (κ3) is 8.71. The summed E-state index contributed by atoms with van der Waals surface area (Å²) in [5, 5.41) is 10.5. The second-order valence-electron chi connectivity index (χ2n) is 12.4. The van der Waals surface area contributed by atoms with Gasteiger partial charge in [-0.3, -0.25) is 4.72 Å². The molecule has 5 aromatic rings. The molecule has 1 heterocycles. The van der Waals surface area contributed by atoms with Crippen LogP contribution in [0.2, 0.25) is 0 Å². The minimum absolute atomic E-state index is 0.186. The molecule has 5 rings (SSSR count). The summed E-state index contributed by atoms with van der Waals surface area (Å²) in [7, 11) is -2.20. The van der Waals surface area contributed by atoms with Gasteiger partial charge in [-0.1, -0.05) is 75.4 Å². The maximum absolute atomic E-state index is 13.4. The van der Waals surface area contributed by atoms with Gasteiger partial charge in [-0.2, -0.15) is 4.98 Å². The standard InChI is InChI=1S/C36H40N6O5S/c1-23-20-32(41-34(38-23)37-19-18-24-12-8-7-9-13-24)47-31-17-16-28(26-14-10-11-15-27(26)31)39-35(43)40-29-21-25(36(2,3)4)22-30(33(29)46-5)42-48(6,44)45/h7-17,20-22,42H,18-19H2,1-6H3,(H,37,38,41)(H2,39,40,43). The first-order chi connectivity index (χ1) is 22.8. The summed E-state index contributed by atoms with van der Waals surface area (Å²) in [6.07, 6.45) is 1.89. The Labute approximate surface area is 281 Å². The van der Waals surface area contributed by atoms with E-state index in [-0.39, 0.29) is 16.9 Å². The van der Waals surface area contributed by atoms with Crippen molar-refractivity contribution in [2.45, 2.75) is 39.5 Å². The predicted octanol–water partition coefficient (Wildman–Crippen LogP) is 7.71. The quantitative estimate of drug-likeness (QED) is 0.112. The van der Waals surface area contributed by atoms with Crippen LogP contribution in [-0.4, -0.2) is 44.3 Å². The van der Waals surface area contributed by atoms with E-state index >= 15 is 0 Å². The molecular formula is C36H40N6O5S. The van der Waals surface area contributed by atoms with Crippen molar-refractivity contribution in [3.63, 3.8) is 0 Å². The number of nitrogens with one attached hydrogen (secondary N) is 4. The van der Waals surface area contributed by atoms with Crippen molar-refractivity contribution in [2.75, 3.05) is 40.6 Å². The number of methoxy groups -OCH3 is 1. The van der Waals surface area contributed by atoms with Crippen LogP contribution in [0.25, 0.3) is 10.8 Å². The second kappa shape index (κ2) is 14.2. The summed E-state index contributed by atoms with van der Waals surface area (Å²) in [5.41, 5.74) is 3.50. The van der Waals surface area contributed by atoms with Gasteiger partial charge in [-0.25, -0.2) is 18.2 Å². The molecule has 0 bridgehead atoms. The first-order valence-corrected chi connectivity index (χ1v) is 17.3. The number of nitrogens with zero attached hydrogens (tertiary/aromatic N) is 2. The Morgan fingerprint density at radius 3 is 2.19 bits per heavy atom. The topological polar surface area (TPSA) is 144 Å². The molecule has 0 radical (unpaired) electrons. The molecule has 0 aliphatic carbocycles. The van der Waals surface area contributed by atoms with E-state index in [0.717, 1.165) is 34.7 Å². The van der Waals surface area contributed by atoms with Gasteiger partial charge in [0, 0.05) is 29.1 Å². The van der Waals surface area contributed by atoms with Crippen molar-refractivity contribution in [1.29, 1.82) is 0 Å². The lowest BCUT2D eigenvalue weighted by molar-refractivity contribution is 0.262. The van der Waals surface area contributed by atoms with Crippen molar-refractivity contribution in [3.05, 3.63) is 102 Å². The smallest absolute Gasteiger partial charge is 0.323 e. The fraction of sp³-hybridized carbons (Fsp3) is 0.250. The van der Waals surface area contributed by atoms with Crippen LogP contribution in [0.4, 0.5) is 27.8 Å². The number of fused-ring (bicyclic) bond motifs is 1. The molecule has 0 aliphatic rings. The van der Waals surface area contributed by atoms with E-state index in [1.165, 1.54) is 12.7 Å². The minimum atomic E-state index is -3.62. The molecule has 0 spiro atoms. The molecule has 11 nitrogen and oxygen atoms in total. The normalized spacial score (nSPS) is 11.5. The maximum atomic E-state index is 13.4. The van der Waals surface area contributed by atoms with Crippen LogP contribution in [0.5, 0.6) is 17.4 Å². The van der Waals surface area contributed by atoms with Gasteiger partial charge in [0.05, 0.1) is 30.4 Å². The Hall–Kier alpha value is -5.36. The van der Waals surface area contributed by atoms with Gasteiger partial charge in [0.15, 0.2) is 5.75 Å². The fourth-order valence-corrected chi connectivity index (χ4v) is 5.69. The molecule has 0 saturated carbocycles. The molecule has 12 heteroatoms. The summed E-state index contributed by atoms with van der Waals surface area (Å²) < 4.78 is 38.5. The highest BCUT2D eigenvalue weighted by Gasteiger charge is 2.22. The number of ether oxygens (including phenoxy) is 2. The van der Waals surface area contributed by atoms with Gasteiger partial charge in [0.25, 0.3) is 0 Å². The summed E-state index contributed by atoms with van der Waals surface area (Å²) in [5.74, 6) is 1.60. The van der Waals surface area contributed by atoms with Crippen molar-refractivity contribution >= 4 is 49.8 Å². The van der Waals surface area contributed by atoms with Crippen LogP contribution in [0, 0.1) is 6.92 Å². The van der Waals surface area contributed by atoms with E-state index in [2.05, 4.69) is 42.8 Å². The van der Waals surface area contributed by atoms with Crippen LogP contribution < -0.4 is 30.1 Å². The van der Waals surface area contributed by atoms with Crippen LogP contribution in [-0.2, 0) is 21.9 Å². The van der Waals surface area contributed by atoms with E-state index in [4.69, 9.17) is 9.47 Å². The molecule has 250 valence electrons. The number of aryl methyl sites for hydroxylation is 1. The van der Waals surface area contributed by atoms with Gasteiger partial charge in [0.1, 0.15) is 5.75 Å². The minimum Gasteiger partial charge on any atom is -0.492 e. The highest BCUT2D eigenvalue weighted by Crippen LogP contribution is 2.40. The zero-order valence-corrected chi connectivity index (χ0v) is 28.7. The molecular weight excluding hydrogens is 629 g/mol. The van der Waals surface area contributed by atoms with E-state index in [1.54, 1.807) is 30.3 Å². The molecule has 2 amide bonds. The highest BCUT2D eigenvalue weighted by molar-refractivity contribution is 7.92. The lowest BCUT2D eigenvalue weighted by Gasteiger charge is -2.24. The molecule has 0 atom stereocenters. The second-order valence-corrected chi connectivity index (χ2v) is 14.1. The van der Waals surface area contributed by atoms with Crippen molar-refractivity contribution in [2.24, 2.45) is 0 Å². The van der Waals surface area contributed by atoms with E-state index in [1.807, 2.05) is 70.2 Å². The summed E-state index contributed by atoms with van der Waals surface area (Å²) >= 11 is 0. The molecule has 1 aromatic heterocycles. The Morgan fingerprint density at radius 1 is 0.833 bits per heavy atom. The number of sulfonamides is 1. The largest absolute Gasteiger partial charge is 0.492 e. The van der Waals surface area contributed by atoms with Crippen molar-refractivity contribution < 1.29 is 22.7 Å². The lowest BCUT2D eigenvalue weighted by atomic mass is 9.86. The number of benzene rings is 4. The van der Waals surface area contributed by atoms with E-state index in [0.29, 0.717) is 35.5 Å². The third-order valence-electron chi connectivity index (χ3n) is 7.42.